The van der Waals surface area contributed by atoms with E-state index in [0.717, 1.165) is 6.42 Å². The van der Waals surface area contributed by atoms with Gasteiger partial charge in [-0.05, 0) is 6.42 Å². The highest BCUT2D eigenvalue weighted by Gasteiger charge is 2.06. The van der Waals surface area contributed by atoms with Crippen LogP contribution in [0.15, 0.2) is 12.3 Å². The maximum absolute atomic E-state index is 11.2. The summed E-state index contributed by atoms with van der Waals surface area (Å²) in [7, 11) is 3.63. The van der Waals surface area contributed by atoms with Gasteiger partial charge in [-0.15, -0.1) is 0 Å². The molecular formula is C9H18N2O. The van der Waals surface area contributed by atoms with Crippen LogP contribution in [0.3, 0.4) is 0 Å². The molecular weight excluding hydrogens is 152 g/mol. The first kappa shape index (κ1) is 11.0. The fourth-order valence-corrected chi connectivity index (χ4v) is 0.763. The van der Waals surface area contributed by atoms with Gasteiger partial charge in [0.05, 0.1) is 0 Å². The minimum absolute atomic E-state index is 0.123. The number of amides is 1. The van der Waals surface area contributed by atoms with Crippen LogP contribution in [0.5, 0.6) is 0 Å². The second-order valence-electron chi connectivity index (χ2n) is 2.64. The SMILES string of the molecule is CC/C=C\N(C)N(C)C(=O)CC. The van der Waals surface area contributed by atoms with E-state index in [1.54, 1.807) is 17.1 Å². The quantitative estimate of drug-likeness (QED) is 0.599. The van der Waals surface area contributed by atoms with Gasteiger partial charge in [0.15, 0.2) is 0 Å². The monoisotopic (exact) mass is 170 g/mol. The first-order valence-corrected chi connectivity index (χ1v) is 4.29. The number of hydrogen-bond donors (Lipinski definition) is 0. The highest BCUT2D eigenvalue weighted by Crippen LogP contribution is 1.96. The first-order chi connectivity index (χ1) is 5.63. The molecule has 0 aliphatic carbocycles. The van der Waals surface area contributed by atoms with E-state index < -0.39 is 0 Å². The molecule has 3 nitrogen and oxygen atoms in total. The van der Waals surface area contributed by atoms with Gasteiger partial charge < -0.3 is 0 Å². The molecule has 0 fully saturated rings. The Labute approximate surface area is 74.6 Å². The fourth-order valence-electron chi connectivity index (χ4n) is 0.763. The zero-order valence-electron chi connectivity index (χ0n) is 8.37. The number of nitrogens with zero attached hydrogens (tertiary/aromatic N) is 2. The summed E-state index contributed by atoms with van der Waals surface area (Å²) in [5.74, 6) is 0.123. The second kappa shape index (κ2) is 5.63. The summed E-state index contributed by atoms with van der Waals surface area (Å²) in [5.41, 5.74) is 0. The molecule has 0 saturated heterocycles. The average Bonchev–Trinajstić information content (AvgIpc) is 2.11. The number of rotatable bonds is 4. The molecule has 0 N–H and O–H groups in total. The minimum Gasteiger partial charge on any atom is -0.294 e. The Kier molecular flexibility index (Phi) is 5.17. The molecule has 0 spiro atoms. The summed E-state index contributed by atoms with van der Waals surface area (Å²) in [6.07, 6.45) is 5.44. The standard InChI is InChI=1S/C9H18N2O/c1-5-7-8-10(3)11(4)9(12)6-2/h7-8H,5-6H2,1-4H3/b8-7-. The lowest BCUT2D eigenvalue weighted by Crippen LogP contribution is -2.37. The van der Waals surface area contributed by atoms with Gasteiger partial charge in [0.25, 0.3) is 0 Å². The van der Waals surface area contributed by atoms with Gasteiger partial charge in [0.2, 0.25) is 5.91 Å². The van der Waals surface area contributed by atoms with E-state index in [4.69, 9.17) is 0 Å². The van der Waals surface area contributed by atoms with Crippen LogP contribution in [0.25, 0.3) is 0 Å². The van der Waals surface area contributed by atoms with Crippen molar-refractivity contribution in [2.45, 2.75) is 26.7 Å². The van der Waals surface area contributed by atoms with Crippen molar-refractivity contribution in [2.75, 3.05) is 14.1 Å². The molecule has 0 saturated carbocycles. The van der Waals surface area contributed by atoms with Crippen LogP contribution in [0.2, 0.25) is 0 Å². The largest absolute Gasteiger partial charge is 0.294 e. The van der Waals surface area contributed by atoms with Crippen molar-refractivity contribution in [3.8, 4) is 0 Å². The van der Waals surface area contributed by atoms with Gasteiger partial charge in [0.1, 0.15) is 0 Å². The Morgan fingerprint density at radius 1 is 1.33 bits per heavy atom. The summed E-state index contributed by atoms with van der Waals surface area (Å²) in [6.45, 7) is 3.92. The smallest absolute Gasteiger partial charge is 0.240 e. The summed E-state index contributed by atoms with van der Waals surface area (Å²) in [6, 6.07) is 0. The van der Waals surface area contributed by atoms with Crippen LogP contribution >= 0.6 is 0 Å². The van der Waals surface area contributed by atoms with Crippen molar-refractivity contribution in [2.24, 2.45) is 0 Å². The second-order valence-corrected chi connectivity index (χ2v) is 2.64. The number of carbonyl (C=O) groups excluding carboxylic acids is 1. The van der Waals surface area contributed by atoms with Crippen molar-refractivity contribution in [3.05, 3.63) is 12.3 Å². The molecule has 0 aliphatic rings. The van der Waals surface area contributed by atoms with Crippen LogP contribution in [0, 0.1) is 0 Å². The maximum atomic E-state index is 11.2. The third-order valence-electron chi connectivity index (χ3n) is 1.69. The Morgan fingerprint density at radius 2 is 1.92 bits per heavy atom. The van der Waals surface area contributed by atoms with Crippen molar-refractivity contribution in [1.82, 2.24) is 10.0 Å². The maximum Gasteiger partial charge on any atom is 0.240 e. The topological polar surface area (TPSA) is 23.6 Å². The lowest BCUT2D eigenvalue weighted by atomic mass is 10.4. The third kappa shape index (κ3) is 3.42. The minimum atomic E-state index is 0.123. The Morgan fingerprint density at radius 3 is 2.33 bits per heavy atom. The lowest BCUT2D eigenvalue weighted by Gasteiger charge is -2.26. The van der Waals surface area contributed by atoms with E-state index in [-0.39, 0.29) is 5.91 Å². The predicted molar refractivity (Wildman–Crippen MR) is 50.3 cm³/mol. The van der Waals surface area contributed by atoms with E-state index in [2.05, 4.69) is 6.92 Å². The van der Waals surface area contributed by atoms with Crippen LogP contribution in [-0.4, -0.2) is 30.0 Å². The van der Waals surface area contributed by atoms with Gasteiger partial charge in [-0.25, -0.2) is 0 Å². The van der Waals surface area contributed by atoms with Gasteiger partial charge >= 0.3 is 0 Å². The predicted octanol–water partition coefficient (Wildman–Crippen LogP) is 1.63. The first-order valence-electron chi connectivity index (χ1n) is 4.29. The molecule has 70 valence electrons. The Bertz CT molecular complexity index is 166. The third-order valence-corrected chi connectivity index (χ3v) is 1.69. The van der Waals surface area contributed by atoms with E-state index in [1.165, 1.54) is 0 Å². The Hall–Kier alpha value is -0.990. The van der Waals surface area contributed by atoms with E-state index in [1.807, 2.05) is 26.2 Å². The number of hydrogen-bond acceptors (Lipinski definition) is 2. The molecule has 12 heavy (non-hydrogen) atoms. The molecule has 0 aromatic heterocycles. The van der Waals surface area contributed by atoms with Crippen molar-refractivity contribution in [3.63, 3.8) is 0 Å². The molecule has 0 radical (unpaired) electrons. The van der Waals surface area contributed by atoms with Crippen LogP contribution in [0.4, 0.5) is 0 Å². The number of hydrazine groups is 1. The highest BCUT2D eigenvalue weighted by atomic mass is 16.2. The molecule has 0 heterocycles. The lowest BCUT2D eigenvalue weighted by molar-refractivity contribution is -0.139. The fraction of sp³-hybridized carbons (Fsp3) is 0.667. The van der Waals surface area contributed by atoms with E-state index in [0.29, 0.717) is 6.42 Å². The summed E-state index contributed by atoms with van der Waals surface area (Å²) in [4.78, 5) is 11.2. The molecule has 0 unspecified atom stereocenters. The average molecular weight is 170 g/mol. The zero-order valence-corrected chi connectivity index (χ0v) is 8.37. The Balaban J connectivity index is 4.00. The summed E-state index contributed by atoms with van der Waals surface area (Å²) in [5, 5.41) is 3.39. The van der Waals surface area contributed by atoms with E-state index in [9.17, 15) is 4.79 Å². The molecule has 0 atom stereocenters. The van der Waals surface area contributed by atoms with Crippen molar-refractivity contribution in [1.29, 1.82) is 0 Å². The molecule has 0 rings (SSSR count). The molecule has 0 aliphatic heterocycles. The number of carbonyl (C=O) groups is 1. The molecule has 0 aromatic rings. The van der Waals surface area contributed by atoms with Crippen LogP contribution in [-0.2, 0) is 4.79 Å². The summed E-state index contributed by atoms with van der Waals surface area (Å²) < 4.78 is 0. The van der Waals surface area contributed by atoms with Gasteiger partial charge in [-0.3, -0.25) is 14.8 Å². The molecule has 0 aromatic carbocycles. The van der Waals surface area contributed by atoms with Crippen LogP contribution in [0.1, 0.15) is 26.7 Å². The number of allylic oxidation sites excluding steroid dienone is 1. The van der Waals surface area contributed by atoms with Gasteiger partial charge in [-0.2, -0.15) is 0 Å². The van der Waals surface area contributed by atoms with Gasteiger partial charge in [-0.1, -0.05) is 19.9 Å². The van der Waals surface area contributed by atoms with Crippen molar-refractivity contribution < 1.29 is 4.79 Å². The highest BCUT2D eigenvalue weighted by molar-refractivity contribution is 5.74. The van der Waals surface area contributed by atoms with Gasteiger partial charge in [0, 0.05) is 26.7 Å². The van der Waals surface area contributed by atoms with Crippen molar-refractivity contribution >= 4 is 5.91 Å². The summed E-state index contributed by atoms with van der Waals surface area (Å²) >= 11 is 0. The molecule has 0 bridgehead atoms. The van der Waals surface area contributed by atoms with Crippen LogP contribution < -0.4 is 0 Å². The van der Waals surface area contributed by atoms with E-state index >= 15 is 0 Å². The normalized spacial score (nSPS) is 10.3. The molecule has 3 heteroatoms. The molecule has 1 amide bonds. The zero-order chi connectivity index (χ0) is 9.56.